The van der Waals surface area contributed by atoms with Crippen molar-refractivity contribution in [2.45, 2.75) is 6.18 Å². The SMILES string of the molecule is O=[N+]([O-])c1ccc(NNc2ncnc(Nc3ccccc3C(F)(F)F)c2[N+](=O)[O-])cc1. The van der Waals surface area contributed by atoms with Crippen molar-refractivity contribution in [2.24, 2.45) is 0 Å². The Morgan fingerprint density at radius 3 is 2.10 bits per heavy atom. The van der Waals surface area contributed by atoms with Crippen LogP contribution in [0.1, 0.15) is 5.56 Å². The van der Waals surface area contributed by atoms with Crippen LogP contribution in [0.3, 0.4) is 0 Å². The van der Waals surface area contributed by atoms with E-state index in [0.29, 0.717) is 5.69 Å². The minimum absolute atomic E-state index is 0.159. The number of benzene rings is 2. The zero-order valence-electron chi connectivity index (χ0n) is 15.3. The van der Waals surface area contributed by atoms with Crippen LogP contribution in [-0.4, -0.2) is 19.8 Å². The number of nitro groups is 2. The molecule has 2 aromatic carbocycles. The maximum Gasteiger partial charge on any atom is 0.418 e. The number of nitrogens with zero attached hydrogens (tertiary/aromatic N) is 4. The van der Waals surface area contributed by atoms with E-state index in [1.54, 1.807) is 0 Å². The number of aromatic nitrogens is 2. The number of halogens is 3. The van der Waals surface area contributed by atoms with Gasteiger partial charge in [-0.3, -0.25) is 31.1 Å². The molecule has 0 atom stereocenters. The predicted molar refractivity (Wildman–Crippen MR) is 104 cm³/mol. The largest absolute Gasteiger partial charge is 0.418 e. The van der Waals surface area contributed by atoms with Crippen molar-refractivity contribution < 1.29 is 23.0 Å². The molecule has 0 saturated heterocycles. The second-order valence-corrected chi connectivity index (χ2v) is 5.90. The Balaban J connectivity index is 1.88. The highest BCUT2D eigenvalue weighted by Gasteiger charge is 2.34. The summed E-state index contributed by atoms with van der Waals surface area (Å²) in [5.41, 5.74) is 3.02. The van der Waals surface area contributed by atoms with Gasteiger partial charge in [-0.05, 0) is 24.3 Å². The molecule has 1 aromatic heterocycles. The molecule has 0 aliphatic carbocycles. The number of alkyl halides is 3. The predicted octanol–water partition coefficient (Wildman–Crippen LogP) is 4.49. The third-order valence-corrected chi connectivity index (χ3v) is 3.89. The van der Waals surface area contributed by atoms with Crippen LogP contribution in [0.15, 0.2) is 54.9 Å². The highest BCUT2D eigenvalue weighted by atomic mass is 19.4. The van der Waals surface area contributed by atoms with Gasteiger partial charge in [0.05, 0.1) is 26.8 Å². The molecule has 3 rings (SSSR count). The first-order chi connectivity index (χ1) is 14.7. The Bertz CT molecular complexity index is 1120. The molecule has 3 aromatic rings. The number of hydrogen-bond acceptors (Lipinski definition) is 9. The molecule has 11 nitrogen and oxygen atoms in total. The van der Waals surface area contributed by atoms with Gasteiger partial charge in [0, 0.05) is 12.1 Å². The lowest BCUT2D eigenvalue weighted by Crippen LogP contribution is -2.14. The van der Waals surface area contributed by atoms with Crippen LogP contribution in [-0.2, 0) is 6.18 Å². The van der Waals surface area contributed by atoms with E-state index in [1.807, 2.05) is 0 Å². The molecule has 0 aliphatic heterocycles. The number of nitrogens with one attached hydrogen (secondary N) is 3. The Morgan fingerprint density at radius 1 is 0.839 bits per heavy atom. The van der Waals surface area contributed by atoms with Crippen molar-refractivity contribution in [1.29, 1.82) is 0 Å². The Hall–Kier alpha value is -4.49. The molecule has 1 heterocycles. The van der Waals surface area contributed by atoms with Gasteiger partial charge < -0.3 is 5.32 Å². The summed E-state index contributed by atoms with van der Waals surface area (Å²) >= 11 is 0. The summed E-state index contributed by atoms with van der Waals surface area (Å²) in [5.74, 6) is -0.810. The molecule has 0 radical (unpaired) electrons. The Kier molecular flexibility index (Phi) is 5.81. The van der Waals surface area contributed by atoms with E-state index in [9.17, 15) is 33.4 Å². The van der Waals surface area contributed by atoms with E-state index in [2.05, 4.69) is 26.1 Å². The normalized spacial score (nSPS) is 10.9. The zero-order chi connectivity index (χ0) is 22.6. The second-order valence-electron chi connectivity index (χ2n) is 5.90. The van der Waals surface area contributed by atoms with Gasteiger partial charge in [0.15, 0.2) is 0 Å². The van der Waals surface area contributed by atoms with Crippen molar-refractivity contribution in [1.82, 2.24) is 9.97 Å². The van der Waals surface area contributed by atoms with E-state index in [1.165, 1.54) is 36.4 Å². The molecule has 31 heavy (non-hydrogen) atoms. The third-order valence-electron chi connectivity index (χ3n) is 3.89. The molecule has 0 saturated carbocycles. The van der Waals surface area contributed by atoms with E-state index in [4.69, 9.17) is 0 Å². The van der Waals surface area contributed by atoms with E-state index in [-0.39, 0.29) is 11.5 Å². The van der Waals surface area contributed by atoms with Crippen LogP contribution in [0, 0.1) is 20.2 Å². The molecule has 160 valence electrons. The quantitative estimate of drug-likeness (QED) is 0.360. The number of hydrazine groups is 1. The van der Waals surface area contributed by atoms with Crippen LogP contribution in [0.25, 0.3) is 0 Å². The second kappa shape index (κ2) is 8.48. The lowest BCUT2D eigenvalue weighted by Gasteiger charge is -2.15. The molecule has 0 unspecified atom stereocenters. The monoisotopic (exact) mass is 435 g/mol. The van der Waals surface area contributed by atoms with Crippen LogP contribution in [0.5, 0.6) is 0 Å². The summed E-state index contributed by atoms with van der Waals surface area (Å²) in [6.07, 6.45) is -3.77. The number of nitro benzene ring substituents is 1. The van der Waals surface area contributed by atoms with Gasteiger partial charge in [0.1, 0.15) is 6.33 Å². The number of non-ortho nitro benzene ring substituents is 1. The van der Waals surface area contributed by atoms with Crippen molar-refractivity contribution in [3.05, 3.63) is 80.7 Å². The van der Waals surface area contributed by atoms with Crippen molar-refractivity contribution >= 4 is 34.4 Å². The average molecular weight is 435 g/mol. The van der Waals surface area contributed by atoms with Crippen LogP contribution >= 0.6 is 0 Å². The van der Waals surface area contributed by atoms with Crippen molar-refractivity contribution in [3.8, 4) is 0 Å². The van der Waals surface area contributed by atoms with Crippen molar-refractivity contribution in [2.75, 3.05) is 16.2 Å². The summed E-state index contributed by atoms with van der Waals surface area (Å²) < 4.78 is 39.6. The summed E-state index contributed by atoms with van der Waals surface area (Å²) in [4.78, 5) is 28.2. The highest BCUT2D eigenvalue weighted by Crippen LogP contribution is 2.38. The van der Waals surface area contributed by atoms with Gasteiger partial charge in [0.25, 0.3) is 5.69 Å². The number of anilines is 4. The zero-order valence-corrected chi connectivity index (χ0v) is 15.3. The first-order valence-electron chi connectivity index (χ1n) is 8.36. The van der Waals surface area contributed by atoms with Gasteiger partial charge in [-0.2, -0.15) is 13.2 Å². The fourth-order valence-corrected chi connectivity index (χ4v) is 2.50. The van der Waals surface area contributed by atoms with Crippen molar-refractivity contribution in [3.63, 3.8) is 0 Å². The Labute approximate surface area is 171 Å². The molecule has 0 amide bonds. The average Bonchev–Trinajstić information content (AvgIpc) is 2.72. The first kappa shape index (κ1) is 21.2. The summed E-state index contributed by atoms with van der Waals surface area (Å²) in [5, 5.41) is 24.6. The van der Waals surface area contributed by atoms with Crippen LogP contribution in [0.4, 0.5) is 47.6 Å². The summed E-state index contributed by atoms with van der Waals surface area (Å²) in [6, 6.07) is 9.55. The molecule has 0 aliphatic rings. The lowest BCUT2D eigenvalue weighted by molar-refractivity contribution is -0.384. The molecular weight excluding hydrogens is 423 g/mol. The smallest absolute Gasteiger partial charge is 0.334 e. The molecular formula is C17H12F3N7O4. The maximum absolute atomic E-state index is 13.2. The third kappa shape index (κ3) is 4.92. The maximum atomic E-state index is 13.2. The van der Waals surface area contributed by atoms with Gasteiger partial charge in [0.2, 0.25) is 11.6 Å². The van der Waals surface area contributed by atoms with Crippen LogP contribution < -0.4 is 16.2 Å². The number of hydrogen-bond donors (Lipinski definition) is 3. The molecule has 0 spiro atoms. The van der Waals surface area contributed by atoms with Gasteiger partial charge in [-0.1, -0.05) is 12.1 Å². The topological polar surface area (TPSA) is 148 Å². The minimum Gasteiger partial charge on any atom is -0.334 e. The summed E-state index contributed by atoms with van der Waals surface area (Å²) in [6.45, 7) is 0. The number of rotatable bonds is 7. The first-order valence-corrected chi connectivity index (χ1v) is 8.36. The molecule has 0 bridgehead atoms. The van der Waals surface area contributed by atoms with E-state index in [0.717, 1.165) is 18.5 Å². The molecule has 0 fully saturated rings. The van der Waals surface area contributed by atoms with E-state index < -0.39 is 38.8 Å². The Morgan fingerprint density at radius 2 is 1.48 bits per heavy atom. The number of para-hydroxylation sites is 1. The lowest BCUT2D eigenvalue weighted by atomic mass is 10.1. The fourth-order valence-electron chi connectivity index (χ4n) is 2.50. The van der Waals surface area contributed by atoms with Gasteiger partial charge >= 0.3 is 11.9 Å². The standard InChI is InChI=1S/C17H12F3N7O4/c18-17(19,20)12-3-1-2-4-13(12)23-15-14(27(30)31)16(22-9-21-15)25-24-10-5-7-11(8-6-10)26(28)29/h1-9,24H,(H2,21,22,23,25). The molecule has 14 heteroatoms. The highest BCUT2D eigenvalue weighted by molar-refractivity contribution is 5.75. The molecule has 3 N–H and O–H groups in total. The van der Waals surface area contributed by atoms with Gasteiger partial charge in [-0.15, -0.1) is 0 Å². The van der Waals surface area contributed by atoms with E-state index >= 15 is 0 Å². The van der Waals surface area contributed by atoms with Crippen LogP contribution in [0.2, 0.25) is 0 Å². The minimum atomic E-state index is -4.69. The fraction of sp³-hybridized carbons (Fsp3) is 0.0588. The van der Waals surface area contributed by atoms with Gasteiger partial charge in [-0.25, -0.2) is 9.97 Å². The summed E-state index contributed by atoms with van der Waals surface area (Å²) in [7, 11) is 0.